The van der Waals surface area contributed by atoms with Crippen LogP contribution in [0.4, 0.5) is 0 Å². The summed E-state index contributed by atoms with van der Waals surface area (Å²) in [6.07, 6.45) is 1.03. The minimum absolute atomic E-state index is 0.0192. The van der Waals surface area contributed by atoms with E-state index in [-0.39, 0.29) is 25.8 Å². The molecule has 0 saturated carbocycles. The number of piperidine rings is 1. The van der Waals surface area contributed by atoms with Crippen molar-refractivity contribution >= 4 is 41.5 Å². The van der Waals surface area contributed by atoms with Gasteiger partial charge in [-0.1, -0.05) is 30.3 Å². The smallest absolute Gasteiger partial charge is 0.326 e. The van der Waals surface area contributed by atoms with Gasteiger partial charge in [-0.3, -0.25) is 34.2 Å². The van der Waals surface area contributed by atoms with Crippen LogP contribution in [0, 0.1) is 0 Å². The first kappa shape index (κ1) is 32.7. The van der Waals surface area contributed by atoms with Gasteiger partial charge in [0.1, 0.15) is 24.7 Å². The van der Waals surface area contributed by atoms with Crippen LogP contribution in [0.3, 0.4) is 0 Å². The van der Waals surface area contributed by atoms with Crippen molar-refractivity contribution in [2.75, 3.05) is 13.1 Å². The molecule has 0 radical (unpaired) electrons. The van der Waals surface area contributed by atoms with Gasteiger partial charge >= 0.3 is 11.9 Å². The van der Waals surface area contributed by atoms with Gasteiger partial charge in [-0.05, 0) is 31.2 Å². The van der Waals surface area contributed by atoms with Crippen molar-refractivity contribution in [1.29, 1.82) is 0 Å². The molecule has 1 aromatic carbocycles. The summed E-state index contributed by atoms with van der Waals surface area (Å²) in [5.41, 5.74) is 10.5. The highest BCUT2D eigenvalue weighted by atomic mass is 16.4. The number of carboxylic acids is 2. The summed E-state index contributed by atoms with van der Waals surface area (Å²) in [6.45, 7) is -0.157. The second kappa shape index (κ2) is 16.5. The maximum Gasteiger partial charge on any atom is 0.326 e. The van der Waals surface area contributed by atoms with Crippen molar-refractivity contribution in [3.8, 4) is 0 Å². The Hall–Kier alpha value is -4.53. The fourth-order valence-corrected chi connectivity index (χ4v) is 4.17. The molecule has 15 nitrogen and oxygen atoms in total. The molecule has 2 rings (SSSR count). The summed E-state index contributed by atoms with van der Waals surface area (Å²) >= 11 is 0. The molecule has 15 heteroatoms. The summed E-state index contributed by atoms with van der Waals surface area (Å²) in [5.74, 6) is -5.60. The number of hydrazine groups is 1. The standard InChI is InChI=1S/C26H36N6O9/c27-20(33)14-18(24(38)29-19(26(40)41)13-16-7-2-1-3-8-16)30-31-22(35)15-32-12-6-9-17(25(32)39)28-21(34)10-4-5-11-23(36)37/h1-3,7-8,17-19,30H,4-6,9-15H2,(H2,27,33)(H,28,34)(H,29,38)(H,31,35)(H,36,37)(H,40,41)/t17?,18-,19-/m0/s1. The molecule has 224 valence electrons. The molecule has 41 heavy (non-hydrogen) atoms. The van der Waals surface area contributed by atoms with Crippen LogP contribution in [0.25, 0.3) is 0 Å². The number of aliphatic carboxylic acids is 2. The predicted molar refractivity (Wildman–Crippen MR) is 142 cm³/mol. The highest BCUT2D eigenvalue weighted by Crippen LogP contribution is 2.12. The number of nitrogens with zero attached hydrogens (tertiary/aromatic N) is 1. The molecule has 1 aliphatic heterocycles. The molecule has 1 heterocycles. The van der Waals surface area contributed by atoms with Crippen molar-refractivity contribution in [2.24, 2.45) is 5.73 Å². The van der Waals surface area contributed by atoms with Crippen molar-refractivity contribution < 1.29 is 43.8 Å². The normalized spacial score (nSPS) is 16.2. The lowest BCUT2D eigenvalue weighted by Crippen LogP contribution is -2.58. The van der Waals surface area contributed by atoms with E-state index < -0.39 is 72.6 Å². The largest absolute Gasteiger partial charge is 0.481 e. The third kappa shape index (κ3) is 12.0. The minimum atomic E-state index is -1.39. The van der Waals surface area contributed by atoms with Crippen LogP contribution in [0.15, 0.2) is 30.3 Å². The van der Waals surface area contributed by atoms with E-state index in [2.05, 4.69) is 21.5 Å². The van der Waals surface area contributed by atoms with Gasteiger partial charge in [0.2, 0.25) is 23.6 Å². The SMILES string of the molecule is NC(=O)C[C@H](NNC(=O)CN1CCCC(NC(=O)CCCCC(=O)O)C1=O)C(=O)N[C@@H](Cc1ccccc1)C(=O)O. The van der Waals surface area contributed by atoms with Gasteiger partial charge in [0, 0.05) is 25.8 Å². The molecule has 5 amide bonds. The summed E-state index contributed by atoms with van der Waals surface area (Å²) in [7, 11) is 0. The van der Waals surface area contributed by atoms with Crippen molar-refractivity contribution in [3.05, 3.63) is 35.9 Å². The zero-order valence-corrected chi connectivity index (χ0v) is 22.5. The summed E-state index contributed by atoms with van der Waals surface area (Å²) in [5, 5.41) is 23.2. The fourth-order valence-electron chi connectivity index (χ4n) is 4.17. The molecule has 1 saturated heterocycles. The van der Waals surface area contributed by atoms with Crippen LogP contribution in [-0.2, 0) is 40.0 Å². The lowest BCUT2D eigenvalue weighted by Gasteiger charge is -2.32. The third-order valence-corrected chi connectivity index (χ3v) is 6.25. The van der Waals surface area contributed by atoms with E-state index in [9.17, 15) is 38.7 Å². The number of likely N-dealkylation sites (tertiary alicyclic amines) is 1. The first-order valence-electron chi connectivity index (χ1n) is 13.2. The van der Waals surface area contributed by atoms with Crippen LogP contribution >= 0.6 is 0 Å². The van der Waals surface area contributed by atoms with E-state index in [0.717, 1.165) is 0 Å². The molecule has 3 atom stereocenters. The molecule has 1 fully saturated rings. The Balaban J connectivity index is 1.89. The third-order valence-electron chi connectivity index (χ3n) is 6.25. The maximum absolute atomic E-state index is 12.8. The van der Waals surface area contributed by atoms with Gasteiger partial charge < -0.3 is 31.5 Å². The van der Waals surface area contributed by atoms with E-state index >= 15 is 0 Å². The lowest BCUT2D eigenvalue weighted by molar-refractivity contribution is -0.143. The molecular weight excluding hydrogens is 540 g/mol. The molecular formula is C26H36N6O9. The van der Waals surface area contributed by atoms with Crippen molar-refractivity contribution in [1.82, 2.24) is 26.4 Å². The Kier molecular flexibility index (Phi) is 13.2. The predicted octanol–water partition coefficient (Wildman–Crippen LogP) is -1.58. The van der Waals surface area contributed by atoms with Gasteiger partial charge in [-0.25, -0.2) is 10.2 Å². The quantitative estimate of drug-likeness (QED) is 0.0829. The van der Waals surface area contributed by atoms with Crippen LogP contribution in [-0.4, -0.2) is 87.8 Å². The Morgan fingerprint density at radius 1 is 0.976 bits per heavy atom. The Bertz CT molecular complexity index is 1110. The molecule has 8 N–H and O–H groups in total. The number of amides is 5. The second-order valence-corrected chi connectivity index (χ2v) is 9.63. The maximum atomic E-state index is 12.8. The molecule has 0 aliphatic carbocycles. The molecule has 0 spiro atoms. The van der Waals surface area contributed by atoms with Gasteiger partial charge in [0.05, 0.1) is 6.42 Å². The van der Waals surface area contributed by atoms with E-state index in [1.165, 1.54) is 4.90 Å². The van der Waals surface area contributed by atoms with E-state index in [1.54, 1.807) is 30.3 Å². The average Bonchev–Trinajstić information content (AvgIpc) is 2.91. The fraction of sp³-hybridized carbons (Fsp3) is 0.500. The Labute approximate surface area is 236 Å². The number of nitrogens with one attached hydrogen (secondary N) is 4. The first-order chi connectivity index (χ1) is 19.5. The highest BCUT2D eigenvalue weighted by molar-refractivity contribution is 5.92. The highest BCUT2D eigenvalue weighted by Gasteiger charge is 2.32. The number of nitrogens with two attached hydrogens (primary N) is 1. The number of unbranched alkanes of at least 4 members (excludes halogenated alkanes) is 1. The minimum Gasteiger partial charge on any atom is -0.481 e. The van der Waals surface area contributed by atoms with Gasteiger partial charge in [0.15, 0.2) is 0 Å². The van der Waals surface area contributed by atoms with E-state index in [1.807, 2.05) is 0 Å². The molecule has 1 unspecified atom stereocenters. The molecule has 0 bridgehead atoms. The number of benzene rings is 1. The number of rotatable bonds is 17. The summed E-state index contributed by atoms with van der Waals surface area (Å²) in [6, 6.07) is 5.06. The van der Waals surface area contributed by atoms with Crippen LogP contribution in [0.5, 0.6) is 0 Å². The van der Waals surface area contributed by atoms with E-state index in [4.69, 9.17) is 10.8 Å². The lowest BCUT2D eigenvalue weighted by atomic mass is 10.0. The topological polar surface area (TPSA) is 237 Å². The Morgan fingerprint density at radius 2 is 1.66 bits per heavy atom. The zero-order valence-electron chi connectivity index (χ0n) is 22.5. The van der Waals surface area contributed by atoms with Gasteiger partial charge in [-0.2, -0.15) is 0 Å². The first-order valence-corrected chi connectivity index (χ1v) is 13.2. The van der Waals surface area contributed by atoms with Gasteiger partial charge in [0.25, 0.3) is 5.91 Å². The van der Waals surface area contributed by atoms with Crippen molar-refractivity contribution in [2.45, 2.75) is 69.5 Å². The monoisotopic (exact) mass is 576 g/mol. The van der Waals surface area contributed by atoms with Gasteiger partial charge in [-0.15, -0.1) is 0 Å². The molecule has 1 aliphatic rings. The summed E-state index contributed by atoms with van der Waals surface area (Å²) < 4.78 is 0. The number of hydrogen-bond donors (Lipinski definition) is 7. The number of hydrogen-bond acceptors (Lipinski definition) is 8. The van der Waals surface area contributed by atoms with Crippen molar-refractivity contribution in [3.63, 3.8) is 0 Å². The average molecular weight is 577 g/mol. The molecule has 1 aromatic rings. The number of primary amides is 1. The zero-order chi connectivity index (χ0) is 30.4. The number of carbonyl (C=O) groups is 7. The van der Waals surface area contributed by atoms with Crippen LogP contribution < -0.4 is 27.2 Å². The Morgan fingerprint density at radius 3 is 2.29 bits per heavy atom. The van der Waals surface area contributed by atoms with E-state index in [0.29, 0.717) is 31.2 Å². The second-order valence-electron chi connectivity index (χ2n) is 9.63. The molecule has 0 aromatic heterocycles. The number of carboxylic acid groups (broad SMARTS) is 2. The van der Waals surface area contributed by atoms with Crippen LogP contribution in [0.2, 0.25) is 0 Å². The number of carbonyl (C=O) groups excluding carboxylic acids is 5. The summed E-state index contributed by atoms with van der Waals surface area (Å²) in [4.78, 5) is 85.3. The van der Waals surface area contributed by atoms with Crippen LogP contribution in [0.1, 0.15) is 50.5 Å².